The smallest absolute Gasteiger partial charge is 0.307 e. The largest absolute Gasteiger partial charge is 0.469 e. The lowest BCUT2D eigenvalue weighted by atomic mass is 10.0. The zero-order valence-corrected chi connectivity index (χ0v) is 17.9. The summed E-state index contributed by atoms with van der Waals surface area (Å²) < 4.78 is 6.86. The molecule has 0 aliphatic heterocycles. The third kappa shape index (κ3) is 5.12. The van der Waals surface area contributed by atoms with Crippen LogP contribution in [0, 0.1) is 20.8 Å². The molecule has 1 amide bonds. The second-order valence-electron chi connectivity index (χ2n) is 7.06. The van der Waals surface area contributed by atoms with Crippen molar-refractivity contribution in [1.29, 1.82) is 0 Å². The van der Waals surface area contributed by atoms with E-state index in [-0.39, 0.29) is 24.7 Å². The van der Waals surface area contributed by atoms with Gasteiger partial charge in [0.15, 0.2) is 5.13 Å². The summed E-state index contributed by atoms with van der Waals surface area (Å²) in [6, 6.07) is 11.4. The number of benzene rings is 1. The molecule has 0 radical (unpaired) electrons. The first-order valence-electron chi connectivity index (χ1n) is 9.40. The third-order valence-corrected chi connectivity index (χ3v) is 5.63. The van der Waals surface area contributed by atoms with E-state index < -0.39 is 6.04 Å². The van der Waals surface area contributed by atoms with Crippen LogP contribution in [0.5, 0.6) is 0 Å². The van der Waals surface area contributed by atoms with E-state index in [0.717, 1.165) is 27.6 Å². The summed E-state index contributed by atoms with van der Waals surface area (Å²) in [5.41, 5.74) is 4.89. The molecule has 29 heavy (non-hydrogen) atoms. The molecule has 3 aromatic rings. The number of amides is 1. The summed E-state index contributed by atoms with van der Waals surface area (Å²) in [6.45, 7) is 6.05. The number of rotatable bonds is 7. The van der Waals surface area contributed by atoms with Gasteiger partial charge < -0.3 is 10.1 Å². The maximum Gasteiger partial charge on any atom is 0.307 e. The summed E-state index contributed by atoms with van der Waals surface area (Å²) in [4.78, 5) is 29.1. The lowest BCUT2D eigenvalue weighted by molar-refractivity contribution is -0.141. The Morgan fingerprint density at radius 2 is 1.76 bits per heavy atom. The second kappa shape index (κ2) is 9.05. The fourth-order valence-corrected chi connectivity index (χ4v) is 4.10. The Hall–Kier alpha value is -2.93. The van der Waals surface area contributed by atoms with E-state index in [2.05, 4.69) is 14.9 Å². The maximum atomic E-state index is 12.7. The van der Waals surface area contributed by atoms with Gasteiger partial charge in [0.2, 0.25) is 5.91 Å². The molecule has 0 unspecified atom stereocenters. The number of methoxy groups -OCH3 is 1. The van der Waals surface area contributed by atoms with Crippen LogP contribution in [0.2, 0.25) is 0 Å². The number of hydrogen-bond acceptors (Lipinski definition) is 5. The van der Waals surface area contributed by atoms with Crippen LogP contribution in [0.3, 0.4) is 0 Å². The van der Waals surface area contributed by atoms with Crippen molar-refractivity contribution >= 4 is 23.2 Å². The van der Waals surface area contributed by atoms with Crippen molar-refractivity contribution < 1.29 is 14.3 Å². The monoisotopic (exact) mass is 411 g/mol. The van der Waals surface area contributed by atoms with Crippen molar-refractivity contribution in [2.75, 3.05) is 7.11 Å². The van der Waals surface area contributed by atoms with Crippen LogP contribution in [0.25, 0.3) is 5.13 Å². The Labute approximate surface area is 174 Å². The lowest BCUT2D eigenvalue weighted by Gasteiger charge is -2.18. The van der Waals surface area contributed by atoms with Gasteiger partial charge in [0.05, 0.1) is 31.7 Å². The molecule has 7 heteroatoms. The van der Waals surface area contributed by atoms with E-state index in [0.29, 0.717) is 5.69 Å². The second-order valence-corrected chi connectivity index (χ2v) is 7.90. The highest BCUT2D eigenvalue weighted by Crippen LogP contribution is 2.22. The molecule has 0 saturated heterocycles. The first-order valence-corrected chi connectivity index (χ1v) is 10.3. The number of carbonyl (C=O) groups excluding carboxylic acids is 2. The molecule has 6 nitrogen and oxygen atoms in total. The van der Waals surface area contributed by atoms with Crippen LogP contribution in [-0.4, -0.2) is 28.5 Å². The Morgan fingerprint density at radius 1 is 1.10 bits per heavy atom. The number of nitrogens with zero attached hydrogens (tertiary/aromatic N) is 2. The Balaban J connectivity index is 1.71. The number of thiazole rings is 1. The summed E-state index contributed by atoms with van der Waals surface area (Å²) in [5, 5.41) is 5.69. The van der Waals surface area contributed by atoms with Crippen molar-refractivity contribution in [3.8, 4) is 5.13 Å². The topological polar surface area (TPSA) is 73.2 Å². The molecule has 1 N–H and O–H groups in total. The van der Waals surface area contributed by atoms with Gasteiger partial charge >= 0.3 is 5.97 Å². The van der Waals surface area contributed by atoms with Crippen LogP contribution >= 0.6 is 11.3 Å². The van der Waals surface area contributed by atoms with Crippen molar-refractivity contribution in [1.82, 2.24) is 14.9 Å². The number of aryl methyl sites for hydroxylation is 3. The van der Waals surface area contributed by atoms with E-state index in [1.807, 2.05) is 62.5 Å². The van der Waals surface area contributed by atoms with Crippen LogP contribution in [0.4, 0.5) is 0 Å². The number of ether oxygens (including phenoxy) is 1. The maximum absolute atomic E-state index is 12.7. The van der Waals surface area contributed by atoms with Gasteiger partial charge in [-0.2, -0.15) is 0 Å². The van der Waals surface area contributed by atoms with Gasteiger partial charge in [-0.25, -0.2) is 4.98 Å². The fourth-order valence-electron chi connectivity index (χ4n) is 3.16. The number of carbonyl (C=O) groups is 2. The molecule has 0 bridgehead atoms. The molecule has 152 valence electrons. The Bertz CT molecular complexity index is 985. The molecular formula is C22H25N3O3S. The van der Waals surface area contributed by atoms with Gasteiger partial charge in [0.25, 0.3) is 0 Å². The fraction of sp³-hybridized carbons (Fsp3) is 0.318. The van der Waals surface area contributed by atoms with Crippen molar-refractivity contribution in [3.63, 3.8) is 0 Å². The van der Waals surface area contributed by atoms with Gasteiger partial charge in [-0.3, -0.25) is 14.2 Å². The van der Waals surface area contributed by atoms with Crippen molar-refractivity contribution in [2.45, 2.75) is 39.7 Å². The first kappa shape index (κ1) is 20.8. The molecule has 0 spiro atoms. The van der Waals surface area contributed by atoms with Gasteiger partial charge in [-0.15, -0.1) is 11.3 Å². The van der Waals surface area contributed by atoms with Gasteiger partial charge in [0.1, 0.15) is 0 Å². The summed E-state index contributed by atoms with van der Waals surface area (Å²) >= 11 is 1.51. The van der Waals surface area contributed by atoms with Crippen LogP contribution in [0.1, 0.15) is 40.7 Å². The highest BCUT2D eigenvalue weighted by atomic mass is 32.1. The number of esters is 1. The van der Waals surface area contributed by atoms with Crippen molar-refractivity contribution in [3.05, 3.63) is 70.0 Å². The zero-order chi connectivity index (χ0) is 21.0. The standard InChI is InChI=1S/C22H25N3O3S/c1-14-5-9-17(10-6-14)19(12-21(27)28-4)24-20(26)11-18-13-29-22(23-18)25-15(2)7-8-16(25)3/h5-10,13,19H,11-12H2,1-4H3,(H,24,26)/t19-/m1/s1. The molecule has 0 aliphatic rings. The summed E-state index contributed by atoms with van der Waals surface area (Å²) in [6.07, 6.45) is 0.231. The molecule has 0 aliphatic carbocycles. The molecule has 2 aromatic heterocycles. The van der Waals surface area contributed by atoms with E-state index in [1.165, 1.54) is 18.4 Å². The van der Waals surface area contributed by atoms with Crippen LogP contribution in [0.15, 0.2) is 41.8 Å². The van der Waals surface area contributed by atoms with Crippen molar-refractivity contribution in [2.24, 2.45) is 0 Å². The van der Waals surface area contributed by atoms with E-state index in [4.69, 9.17) is 4.74 Å². The highest BCUT2D eigenvalue weighted by Gasteiger charge is 2.20. The molecule has 3 rings (SSSR count). The predicted molar refractivity (Wildman–Crippen MR) is 113 cm³/mol. The Kier molecular flexibility index (Phi) is 6.49. The third-order valence-electron chi connectivity index (χ3n) is 4.76. The van der Waals surface area contributed by atoms with Gasteiger partial charge in [-0.05, 0) is 38.5 Å². The molecular weight excluding hydrogens is 386 g/mol. The molecule has 2 heterocycles. The molecule has 1 atom stereocenters. The quantitative estimate of drug-likeness (QED) is 0.600. The van der Waals surface area contributed by atoms with Crippen LogP contribution in [-0.2, 0) is 20.7 Å². The van der Waals surface area contributed by atoms with Crippen LogP contribution < -0.4 is 5.32 Å². The highest BCUT2D eigenvalue weighted by molar-refractivity contribution is 7.12. The first-order chi connectivity index (χ1) is 13.9. The Morgan fingerprint density at radius 3 is 2.38 bits per heavy atom. The molecule has 0 saturated carbocycles. The minimum atomic E-state index is -0.442. The minimum absolute atomic E-state index is 0.0787. The van der Waals surface area contributed by atoms with Gasteiger partial charge in [0, 0.05) is 16.8 Å². The normalized spacial score (nSPS) is 11.9. The average Bonchev–Trinajstić information content (AvgIpc) is 3.27. The number of hydrogen-bond donors (Lipinski definition) is 1. The van der Waals surface area contributed by atoms with E-state index in [9.17, 15) is 9.59 Å². The lowest BCUT2D eigenvalue weighted by Crippen LogP contribution is -2.31. The average molecular weight is 412 g/mol. The van der Waals surface area contributed by atoms with E-state index >= 15 is 0 Å². The predicted octanol–water partition coefficient (Wildman–Crippen LogP) is 3.82. The summed E-state index contributed by atoms with van der Waals surface area (Å²) in [5.74, 6) is -0.553. The molecule has 1 aromatic carbocycles. The SMILES string of the molecule is COC(=O)C[C@@H](NC(=O)Cc1csc(-n2c(C)ccc2C)n1)c1ccc(C)cc1. The zero-order valence-electron chi connectivity index (χ0n) is 17.1. The number of aromatic nitrogens is 2. The number of nitrogens with one attached hydrogen (secondary N) is 1. The summed E-state index contributed by atoms with van der Waals surface area (Å²) in [7, 11) is 1.35. The van der Waals surface area contributed by atoms with Gasteiger partial charge in [-0.1, -0.05) is 29.8 Å². The van der Waals surface area contributed by atoms with E-state index in [1.54, 1.807) is 0 Å². The minimum Gasteiger partial charge on any atom is -0.469 e. The molecule has 0 fully saturated rings.